The molecule has 13 heteroatoms. The van der Waals surface area contributed by atoms with Crippen molar-refractivity contribution in [1.82, 2.24) is 30.0 Å². The summed E-state index contributed by atoms with van der Waals surface area (Å²) in [6, 6.07) is 9.18. The van der Waals surface area contributed by atoms with Crippen LogP contribution < -0.4 is 5.32 Å². The molecule has 0 aliphatic heterocycles. The van der Waals surface area contributed by atoms with E-state index in [1.54, 1.807) is 25.4 Å². The van der Waals surface area contributed by atoms with Crippen LogP contribution in [0.2, 0.25) is 5.02 Å². The lowest BCUT2D eigenvalue weighted by molar-refractivity contribution is 0.0937. The Morgan fingerprint density at radius 2 is 1.74 bits per heavy atom. The highest BCUT2D eigenvalue weighted by molar-refractivity contribution is 7.91. The van der Waals surface area contributed by atoms with Gasteiger partial charge >= 0.3 is 0 Å². The average molecular weight is 521 g/mol. The maximum Gasteiger partial charge on any atom is 0.252 e. The monoisotopic (exact) mass is 520 g/mol. The van der Waals surface area contributed by atoms with Crippen LogP contribution in [0.25, 0.3) is 5.95 Å². The Hall–Kier alpha value is -3.35. The van der Waals surface area contributed by atoms with Crippen molar-refractivity contribution < 1.29 is 17.6 Å². The molecule has 0 aliphatic rings. The minimum Gasteiger partial charge on any atom is -0.342 e. The molecule has 0 fully saturated rings. The van der Waals surface area contributed by atoms with Crippen LogP contribution in [0.5, 0.6) is 0 Å². The van der Waals surface area contributed by atoms with Gasteiger partial charge in [0, 0.05) is 23.0 Å². The van der Waals surface area contributed by atoms with Gasteiger partial charge in [-0.2, -0.15) is 23.3 Å². The fourth-order valence-electron chi connectivity index (χ4n) is 3.04. The number of aromatic nitrogens is 5. The van der Waals surface area contributed by atoms with Crippen molar-refractivity contribution in [1.29, 1.82) is 0 Å². The second-order valence-corrected chi connectivity index (χ2v) is 9.29. The molecule has 4 rings (SSSR count). The molecule has 2 aromatic carbocycles. The minimum atomic E-state index is -4.02. The van der Waals surface area contributed by atoms with Crippen molar-refractivity contribution in [3.8, 4) is 5.95 Å². The fraction of sp³-hybridized carbons (Fsp3) is 0.0952. The first-order valence-corrected chi connectivity index (χ1v) is 11.4. The van der Waals surface area contributed by atoms with Crippen LogP contribution in [-0.4, -0.2) is 39.1 Å². The van der Waals surface area contributed by atoms with E-state index in [0.29, 0.717) is 5.82 Å². The number of nitrogens with zero attached hydrogens (tertiary/aromatic N) is 5. The zero-order valence-corrected chi connectivity index (χ0v) is 20.1. The second kappa shape index (κ2) is 10.3. The van der Waals surface area contributed by atoms with Gasteiger partial charge in [0.25, 0.3) is 11.9 Å². The van der Waals surface area contributed by atoms with Crippen molar-refractivity contribution >= 4 is 40.8 Å². The van der Waals surface area contributed by atoms with Gasteiger partial charge in [0.2, 0.25) is 9.84 Å². The standard InChI is InChI=1S/C21H16ClFN6O3S.H2S/c1-13(19-26-12-27-29(19)21-24-7-2-8-25-21)28-20(30)14-9-15(22)11-18(10-14)33(31,32)17-5-3-16(23)4-6-17;/h2-13H,1H3,(H,28,30);1H2/t13-;/m1./s1. The number of hydrogen-bond acceptors (Lipinski definition) is 7. The maximum absolute atomic E-state index is 13.2. The van der Waals surface area contributed by atoms with E-state index in [2.05, 4.69) is 25.4 Å². The highest BCUT2D eigenvalue weighted by atomic mass is 35.5. The predicted molar refractivity (Wildman–Crippen MR) is 127 cm³/mol. The van der Waals surface area contributed by atoms with E-state index >= 15 is 0 Å². The number of halogens is 2. The lowest BCUT2D eigenvalue weighted by Gasteiger charge is -2.15. The van der Waals surface area contributed by atoms with E-state index in [9.17, 15) is 17.6 Å². The number of sulfone groups is 1. The number of benzene rings is 2. The smallest absolute Gasteiger partial charge is 0.252 e. The van der Waals surface area contributed by atoms with Crippen molar-refractivity contribution in [2.45, 2.75) is 22.8 Å². The Kier molecular flexibility index (Phi) is 7.64. The summed E-state index contributed by atoms with van der Waals surface area (Å²) in [5.41, 5.74) is 0.0251. The zero-order valence-electron chi connectivity index (χ0n) is 17.6. The number of nitrogens with one attached hydrogen (secondary N) is 1. The number of carbonyl (C=O) groups excluding carboxylic acids is 1. The molecule has 0 bridgehead atoms. The maximum atomic E-state index is 13.2. The highest BCUT2D eigenvalue weighted by Gasteiger charge is 2.23. The lowest BCUT2D eigenvalue weighted by Crippen LogP contribution is -2.29. The van der Waals surface area contributed by atoms with Gasteiger partial charge in [0.05, 0.1) is 15.8 Å². The van der Waals surface area contributed by atoms with Gasteiger partial charge in [-0.1, -0.05) is 11.6 Å². The van der Waals surface area contributed by atoms with Crippen LogP contribution in [-0.2, 0) is 9.84 Å². The molecule has 1 amide bonds. The van der Waals surface area contributed by atoms with Crippen LogP contribution in [0.1, 0.15) is 29.1 Å². The van der Waals surface area contributed by atoms with Gasteiger partial charge in [-0.3, -0.25) is 4.79 Å². The normalized spacial score (nSPS) is 12.0. The third-order valence-electron chi connectivity index (χ3n) is 4.62. The zero-order chi connectivity index (χ0) is 23.6. The van der Waals surface area contributed by atoms with Gasteiger partial charge in [-0.15, -0.1) is 0 Å². The van der Waals surface area contributed by atoms with E-state index in [4.69, 9.17) is 11.6 Å². The van der Waals surface area contributed by atoms with Gasteiger partial charge in [0.15, 0.2) is 5.82 Å². The second-order valence-electron chi connectivity index (χ2n) is 6.91. The molecule has 2 aromatic heterocycles. The quantitative estimate of drug-likeness (QED) is 0.387. The van der Waals surface area contributed by atoms with Crippen LogP contribution in [0.15, 0.2) is 77.0 Å². The van der Waals surface area contributed by atoms with E-state index in [1.165, 1.54) is 29.2 Å². The Labute approximate surface area is 206 Å². The van der Waals surface area contributed by atoms with Gasteiger partial charge in [0.1, 0.15) is 12.1 Å². The molecule has 0 radical (unpaired) electrons. The Balaban J connectivity index is 0.00000324. The Morgan fingerprint density at radius 1 is 1.06 bits per heavy atom. The average Bonchev–Trinajstić information content (AvgIpc) is 3.30. The summed E-state index contributed by atoms with van der Waals surface area (Å²) in [5, 5.41) is 6.88. The molecule has 34 heavy (non-hydrogen) atoms. The molecule has 0 unspecified atom stereocenters. The number of carbonyl (C=O) groups is 1. The van der Waals surface area contributed by atoms with E-state index in [1.807, 2.05) is 0 Å². The lowest BCUT2D eigenvalue weighted by atomic mass is 10.2. The van der Waals surface area contributed by atoms with E-state index in [0.717, 1.165) is 24.3 Å². The van der Waals surface area contributed by atoms with Crippen LogP contribution in [0.3, 0.4) is 0 Å². The van der Waals surface area contributed by atoms with E-state index < -0.39 is 27.6 Å². The van der Waals surface area contributed by atoms with Gasteiger partial charge < -0.3 is 5.32 Å². The third kappa shape index (κ3) is 5.24. The number of amides is 1. The predicted octanol–water partition coefficient (Wildman–Crippen LogP) is 3.29. The molecular formula is C21H18ClFN6O3S2. The van der Waals surface area contributed by atoms with Crippen molar-refractivity contribution in [3.63, 3.8) is 0 Å². The Bertz CT molecular complexity index is 1420. The molecule has 2 heterocycles. The van der Waals surface area contributed by atoms with Gasteiger partial charge in [-0.25, -0.2) is 27.8 Å². The van der Waals surface area contributed by atoms with Crippen LogP contribution in [0, 0.1) is 5.82 Å². The van der Waals surface area contributed by atoms with Crippen molar-refractivity contribution in [2.75, 3.05) is 0 Å². The molecule has 0 saturated heterocycles. The molecule has 1 atom stereocenters. The summed E-state index contributed by atoms with van der Waals surface area (Å²) < 4.78 is 40.4. The van der Waals surface area contributed by atoms with Crippen molar-refractivity contribution in [2.24, 2.45) is 0 Å². The van der Waals surface area contributed by atoms with Crippen LogP contribution >= 0.6 is 25.1 Å². The largest absolute Gasteiger partial charge is 0.342 e. The molecule has 0 aliphatic carbocycles. The summed E-state index contributed by atoms with van der Waals surface area (Å²) in [5.74, 6) is -0.496. The number of rotatable bonds is 6. The van der Waals surface area contributed by atoms with Crippen molar-refractivity contribution in [3.05, 3.63) is 89.5 Å². The summed E-state index contributed by atoms with van der Waals surface area (Å²) in [6.45, 7) is 1.68. The minimum absolute atomic E-state index is 0. The topological polar surface area (TPSA) is 120 Å². The summed E-state index contributed by atoms with van der Waals surface area (Å²) in [7, 11) is -4.02. The first-order chi connectivity index (χ1) is 15.8. The summed E-state index contributed by atoms with van der Waals surface area (Å²) in [4.78, 5) is 25.0. The highest BCUT2D eigenvalue weighted by Crippen LogP contribution is 2.26. The molecular weight excluding hydrogens is 503 g/mol. The number of hydrogen-bond donors (Lipinski definition) is 1. The summed E-state index contributed by atoms with van der Waals surface area (Å²) in [6.07, 6.45) is 4.40. The molecule has 4 aromatic rings. The Morgan fingerprint density at radius 3 is 2.41 bits per heavy atom. The molecule has 0 saturated carbocycles. The molecule has 1 N–H and O–H groups in total. The summed E-state index contributed by atoms with van der Waals surface area (Å²) >= 11 is 6.11. The molecule has 9 nitrogen and oxygen atoms in total. The molecule has 176 valence electrons. The molecule has 0 spiro atoms. The third-order valence-corrected chi connectivity index (χ3v) is 6.59. The first kappa shape index (κ1) is 25.3. The van der Waals surface area contributed by atoms with Gasteiger partial charge in [-0.05, 0) is 55.5 Å². The SMILES string of the molecule is C[C@@H](NC(=O)c1cc(Cl)cc(S(=O)(=O)c2ccc(F)cc2)c1)c1ncnn1-c1ncccn1.S. The van der Waals surface area contributed by atoms with Crippen LogP contribution in [0.4, 0.5) is 4.39 Å². The fourth-order valence-corrected chi connectivity index (χ4v) is 4.67. The first-order valence-electron chi connectivity index (χ1n) is 9.55. The van der Waals surface area contributed by atoms with E-state index in [-0.39, 0.29) is 39.8 Å².